The molecule has 5 N–H and O–H groups in total. The number of carbonyl (C=O) groups is 2. The number of aliphatic imine (C=N–C) groups is 1. The van der Waals surface area contributed by atoms with E-state index in [9.17, 15) is 9.59 Å². The average Bonchev–Trinajstić information content (AvgIpc) is 3.05. The number of imidazole rings is 1. The van der Waals surface area contributed by atoms with Crippen LogP contribution in [0, 0.1) is 6.92 Å². The lowest BCUT2D eigenvalue weighted by Crippen LogP contribution is -2.66. The Labute approximate surface area is 211 Å². The highest BCUT2D eigenvalue weighted by atomic mass is 35.5. The third-order valence-corrected chi connectivity index (χ3v) is 6.75. The molecule has 1 saturated heterocycles. The highest BCUT2D eigenvalue weighted by molar-refractivity contribution is 6.32. The van der Waals surface area contributed by atoms with E-state index in [1.165, 1.54) is 6.08 Å². The molecule has 0 unspecified atom stereocenters. The van der Waals surface area contributed by atoms with E-state index in [0.29, 0.717) is 40.0 Å². The molecule has 1 aliphatic rings. The Morgan fingerprint density at radius 1 is 1.37 bits per heavy atom. The molecule has 0 saturated carbocycles. The maximum atomic E-state index is 13.0. The van der Waals surface area contributed by atoms with Crippen molar-refractivity contribution in [3.8, 4) is 0 Å². The van der Waals surface area contributed by atoms with E-state index in [1.54, 1.807) is 29.5 Å². The highest BCUT2D eigenvalue weighted by Crippen LogP contribution is 2.33. The number of aromatic nitrogens is 2. The molecule has 1 aromatic heterocycles. The zero-order valence-electron chi connectivity index (χ0n) is 21.1. The van der Waals surface area contributed by atoms with Crippen LogP contribution in [0.5, 0.6) is 0 Å². The second kappa shape index (κ2) is 9.73. The number of nitrogen functional groups attached to an aromatic ring is 1. The lowest BCUT2D eigenvalue weighted by molar-refractivity contribution is -0.134. The van der Waals surface area contributed by atoms with Gasteiger partial charge < -0.3 is 26.3 Å². The molecule has 2 amide bonds. The van der Waals surface area contributed by atoms with E-state index in [4.69, 9.17) is 23.1 Å². The largest absolute Gasteiger partial charge is 0.398 e. The Balaban J connectivity index is 1.77. The van der Waals surface area contributed by atoms with Crippen LogP contribution in [0.2, 0.25) is 5.02 Å². The number of amidine groups is 1. The number of nitrogens with zero attached hydrogens (tertiary/aromatic N) is 4. The Morgan fingerprint density at radius 2 is 2.03 bits per heavy atom. The van der Waals surface area contributed by atoms with Gasteiger partial charge in [-0.2, -0.15) is 0 Å². The topological polar surface area (TPSA) is 132 Å². The standard InChI is InChI=1S/C25H34ClN7O2/c1-8-21(34)33-12-19(14(33)3)31-24(35)22-13(2)30-20(32(22)7)11-29-23(28)15-9-16(25(4,5)6)17(26)10-18(15)27/h8-10,14,19H,1,11-12,27H2,2-7H3,(H2,28,29)(H,31,35)/t14-,19-/m1/s1. The Kier molecular flexibility index (Phi) is 7.31. The molecule has 188 valence electrons. The summed E-state index contributed by atoms with van der Waals surface area (Å²) in [4.78, 5) is 35.5. The molecule has 0 radical (unpaired) electrons. The summed E-state index contributed by atoms with van der Waals surface area (Å²) in [6.45, 7) is 14.0. The van der Waals surface area contributed by atoms with Gasteiger partial charge >= 0.3 is 0 Å². The Bertz CT molecular complexity index is 1210. The van der Waals surface area contributed by atoms with Crippen molar-refractivity contribution >= 4 is 34.9 Å². The number of benzene rings is 1. The van der Waals surface area contributed by atoms with Crippen LogP contribution in [0.15, 0.2) is 29.8 Å². The molecular weight excluding hydrogens is 466 g/mol. The van der Waals surface area contributed by atoms with Crippen molar-refractivity contribution in [2.75, 3.05) is 12.3 Å². The van der Waals surface area contributed by atoms with Gasteiger partial charge in [-0.25, -0.2) is 4.98 Å². The summed E-state index contributed by atoms with van der Waals surface area (Å²) in [6, 6.07) is 3.32. The molecular formula is C25H34ClN7O2. The van der Waals surface area contributed by atoms with Crippen LogP contribution < -0.4 is 16.8 Å². The molecule has 1 aliphatic heterocycles. The highest BCUT2D eigenvalue weighted by Gasteiger charge is 2.39. The molecule has 2 atom stereocenters. The normalized spacial score (nSPS) is 18.3. The lowest BCUT2D eigenvalue weighted by atomic mass is 9.85. The molecule has 10 heteroatoms. The number of nitrogens with one attached hydrogen (secondary N) is 1. The summed E-state index contributed by atoms with van der Waals surface area (Å²) in [7, 11) is 1.77. The quantitative estimate of drug-likeness (QED) is 0.243. The second-order valence-corrected chi connectivity index (χ2v) is 10.3. The summed E-state index contributed by atoms with van der Waals surface area (Å²) in [5.74, 6) is 0.462. The summed E-state index contributed by atoms with van der Waals surface area (Å²) in [5.41, 5.74) is 15.3. The van der Waals surface area contributed by atoms with Gasteiger partial charge in [-0.05, 0) is 43.0 Å². The van der Waals surface area contributed by atoms with Gasteiger partial charge in [0.2, 0.25) is 5.91 Å². The molecule has 2 aromatic rings. The first-order valence-electron chi connectivity index (χ1n) is 11.4. The molecule has 0 aliphatic carbocycles. The number of amides is 2. The second-order valence-electron chi connectivity index (χ2n) is 9.91. The molecule has 9 nitrogen and oxygen atoms in total. The fourth-order valence-corrected chi connectivity index (χ4v) is 4.65. The van der Waals surface area contributed by atoms with Gasteiger partial charge in [-0.1, -0.05) is 39.0 Å². The van der Waals surface area contributed by atoms with Crippen molar-refractivity contribution in [3.63, 3.8) is 0 Å². The number of aryl methyl sites for hydroxylation is 1. The molecule has 0 spiro atoms. The van der Waals surface area contributed by atoms with E-state index in [1.807, 2.05) is 13.0 Å². The fraction of sp³-hybridized carbons (Fsp3) is 0.440. The number of anilines is 1. The minimum absolute atomic E-state index is 0.107. The maximum absolute atomic E-state index is 13.0. The molecule has 3 rings (SSSR count). The van der Waals surface area contributed by atoms with Crippen LogP contribution in [0.25, 0.3) is 0 Å². The van der Waals surface area contributed by atoms with Gasteiger partial charge in [0.15, 0.2) is 0 Å². The number of carbonyl (C=O) groups excluding carboxylic acids is 2. The first-order valence-corrected chi connectivity index (χ1v) is 11.8. The monoisotopic (exact) mass is 499 g/mol. The Hall–Kier alpha value is -3.33. The molecule has 1 fully saturated rings. The smallest absolute Gasteiger partial charge is 0.270 e. The van der Waals surface area contributed by atoms with Crippen molar-refractivity contribution in [1.82, 2.24) is 19.8 Å². The zero-order chi connectivity index (χ0) is 26.2. The van der Waals surface area contributed by atoms with E-state index in [2.05, 4.69) is 42.6 Å². The van der Waals surface area contributed by atoms with Gasteiger partial charge in [0, 0.05) is 29.9 Å². The number of hydrogen-bond donors (Lipinski definition) is 3. The van der Waals surface area contributed by atoms with Crippen LogP contribution in [-0.2, 0) is 23.8 Å². The van der Waals surface area contributed by atoms with Crippen molar-refractivity contribution in [3.05, 3.63) is 58.1 Å². The fourth-order valence-electron chi connectivity index (χ4n) is 4.20. The number of likely N-dealkylation sites (tertiary alicyclic amines) is 1. The lowest BCUT2D eigenvalue weighted by Gasteiger charge is -2.46. The van der Waals surface area contributed by atoms with Crippen LogP contribution in [-0.4, -0.2) is 50.7 Å². The van der Waals surface area contributed by atoms with Gasteiger partial charge in [0.1, 0.15) is 17.4 Å². The van der Waals surface area contributed by atoms with Crippen LogP contribution in [0.4, 0.5) is 5.69 Å². The van der Waals surface area contributed by atoms with E-state index < -0.39 is 0 Å². The summed E-state index contributed by atoms with van der Waals surface area (Å²) in [6.07, 6.45) is 1.28. The van der Waals surface area contributed by atoms with Crippen molar-refractivity contribution < 1.29 is 9.59 Å². The predicted octanol–water partition coefficient (Wildman–Crippen LogP) is 2.68. The predicted molar refractivity (Wildman–Crippen MR) is 140 cm³/mol. The first-order chi connectivity index (χ1) is 16.3. The van der Waals surface area contributed by atoms with Gasteiger partial charge in [0.25, 0.3) is 5.91 Å². The summed E-state index contributed by atoms with van der Waals surface area (Å²) >= 11 is 6.39. The van der Waals surface area contributed by atoms with Crippen LogP contribution >= 0.6 is 11.6 Å². The SMILES string of the molecule is C=CC(=O)N1C[C@@H](NC(=O)c2c(C)nc(CN=C(N)c3cc(C(C)(C)C)c(Cl)cc3N)n2C)[C@H]1C. The van der Waals surface area contributed by atoms with Crippen molar-refractivity contribution in [2.24, 2.45) is 17.8 Å². The minimum atomic E-state index is -0.250. The molecule has 1 aromatic carbocycles. The average molecular weight is 500 g/mol. The number of rotatable bonds is 6. The van der Waals surface area contributed by atoms with Crippen LogP contribution in [0.1, 0.15) is 60.8 Å². The van der Waals surface area contributed by atoms with Gasteiger partial charge in [-0.3, -0.25) is 14.6 Å². The number of hydrogen-bond acceptors (Lipinski definition) is 5. The number of nitrogens with two attached hydrogens (primary N) is 2. The third-order valence-electron chi connectivity index (χ3n) is 6.43. The zero-order valence-corrected chi connectivity index (χ0v) is 21.9. The molecule has 2 heterocycles. The molecule has 0 bridgehead atoms. The van der Waals surface area contributed by atoms with E-state index in [0.717, 1.165) is 5.56 Å². The summed E-state index contributed by atoms with van der Waals surface area (Å²) in [5, 5.41) is 3.58. The van der Waals surface area contributed by atoms with Crippen LogP contribution in [0.3, 0.4) is 0 Å². The first kappa shape index (κ1) is 26.3. The minimum Gasteiger partial charge on any atom is -0.398 e. The maximum Gasteiger partial charge on any atom is 0.270 e. The Morgan fingerprint density at radius 3 is 2.60 bits per heavy atom. The summed E-state index contributed by atoms with van der Waals surface area (Å²) < 4.78 is 1.71. The third kappa shape index (κ3) is 5.19. The van der Waals surface area contributed by atoms with E-state index >= 15 is 0 Å². The van der Waals surface area contributed by atoms with Gasteiger partial charge in [0.05, 0.1) is 24.3 Å². The van der Waals surface area contributed by atoms with Crippen molar-refractivity contribution in [2.45, 2.75) is 58.7 Å². The number of halogens is 1. The van der Waals surface area contributed by atoms with Crippen molar-refractivity contribution in [1.29, 1.82) is 0 Å². The van der Waals surface area contributed by atoms with Gasteiger partial charge in [-0.15, -0.1) is 0 Å². The van der Waals surface area contributed by atoms with E-state index in [-0.39, 0.29) is 41.7 Å². The molecule has 35 heavy (non-hydrogen) atoms.